The Bertz CT molecular complexity index is 3320. The topological polar surface area (TPSA) is 6.48 Å². The maximum atomic E-state index is 2.64. The summed E-state index contributed by atoms with van der Waals surface area (Å²) in [6.07, 6.45) is 13.7. The molecule has 2 nitrogen and oxygen atoms in total. The normalized spacial score (nSPS) is 17.3. The van der Waals surface area contributed by atoms with E-state index in [9.17, 15) is 0 Å². The summed E-state index contributed by atoms with van der Waals surface area (Å²) < 4.78 is 0. The van der Waals surface area contributed by atoms with Gasteiger partial charge in [0.2, 0.25) is 0 Å². The van der Waals surface area contributed by atoms with Gasteiger partial charge in [0.05, 0.1) is 11.7 Å². The van der Waals surface area contributed by atoms with Crippen molar-refractivity contribution in [3.05, 3.63) is 247 Å². The van der Waals surface area contributed by atoms with Crippen molar-refractivity contribution in [3.8, 4) is 33.4 Å². The van der Waals surface area contributed by atoms with Gasteiger partial charge >= 0.3 is 0 Å². The predicted molar refractivity (Wildman–Crippen MR) is 267 cm³/mol. The van der Waals surface area contributed by atoms with Crippen molar-refractivity contribution in [2.75, 3.05) is 9.80 Å². The second-order valence-corrected chi connectivity index (χ2v) is 17.3. The Hall–Kier alpha value is -7.68. The van der Waals surface area contributed by atoms with Crippen LogP contribution in [0.1, 0.15) is 36.5 Å². The molecule has 3 aliphatic rings. The summed E-state index contributed by atoms with van der Waals surface area (Å²) in [4.78, 5) is 5.08. The zero-order valence-corrected chi connectivity index (χ0v) is 35.3. The van der Waals surface area contributed by atoms with E-state index in [1.807, 2.05) is 0 Å². The lowest BCUT2D eigenvalue weighted by atomic mass is 9.67. The fraction of sp³-hybridized carbons (Fsp3) is 0.0820. The first-order valence-electron chi connectivity index (χ1n) is 22.3. The molecule has 9 aromatic rings. The number of anilines is 4. The van der Waals surface area contributed by atoms with Crippen LogP contribution in [-0.2, 0) is 5.41 Å². The van der Waals surface area contributed by atoms with Crippen LogP contribution in [0.3, 0.4) is 0 Å². The number of hydrogen-bond donors (Lipinski definition) is 0. The SMILES string of the molecule is CC12c3ccccc3C=CC1N(C1=CC=CCC1)c1cccc(-c3cccc(N(c4ccc(-c5ccc6c(ccc7ccccc76)c5)cc4)c4ccccc4-c4ccccc4)c3)c12. The highest BCUT2D eigenvalue weighted by Crippen LogP contribution is 2.57. The standard InChI is InChI=1S/C61H46N2/c1-61-56-27-12-9-19-45(56)35-39-59(61)63(49-21-6-3-7-22-49)58-29-15-26-55(60(58)61)47-20-14-23-51(41-47)62(57-28-13-11-25-54(57)43-16-4-2-5-17-43)50-36-32-42(33-37-50)46-34-38-53-48(40-46)31-30-44-18-8-10-24-52(44)53/h2-6,8-21,23-41,59H,7,22H2,1H3. The van der Waals surface area contributed by atoms with Crippen LogP contribution in [-0.4, -0.2) is 6.04 Å². The molecule has 0 saturated carbocycles. The number of benzene rings is 9. The van der Waals surface area contributed by atoms with Crippen LogP contribution in [0.4, 0.5) is 22.7 Å². The quantitative estimate of drug-likeness (QED) is 0.148. The first kappa shape index (κ1) is 37.1. The molecule has 0 N–H and O–H groups in total. The van der Waals surface area contributed by atoms with Gasteiger partial charge in [-0.3, -0.25) is 0 Å². The molecular formula is C61H46N2. The van der Waals surface area contributed by atoms with Gasteiger partial charge in [0.1, 0.15) is 0 Å². The molecule has 2 unspecified atom stereocenters. The van der Waals surface area contributed by atoms with Gasteiger partial charge in [-0.05, 0) is 134 Å². The smallest absolute Gasteiger partial charge is 0.0658 e. The minimum absolute atomic E-state index is 0.166. The van der Waals surface area contributed by atoms with Crippen molar-refractivity contribution < 1.29 is 0 Å². The van der Waals surface area contributed by atoms with Crippen LogP contribution in [0.25, 0.3) is 61.0 Å². The highest BCUT2D eigenvalue weighted by Gasteiger charge is 2.52. The maximum Gasteiger partial charge on any atom is 0.0658 e. The molecule has 0 spiro atoms. The maximum absolute atomic E-state index is 2.64. The van der Waals surface area contributed by atoms with E-state index in [1.165, 1.54) is 83.0 Å². The lowest BCUT2D eigenvalue weighted by Crippen LogP contribution is -2.44. The highest BCUT2D eigenvalue weighted by molar-refractivity contribution is 6.08. The van der Waals surface area contributed by atoms with Gasteiger partial charge < -0.3 is 9.80 Å². The van der Waals surface area contributed by atoms with Crippen LogP contribution in [0.15, 0.2) is 230 Å². The molecule has 0 fully saturated rings. The number of hydrogen-bond acceptors (Lipinski definition) is 2. The molecule has 0 saturated heterocycles. The monoisotopic (exact) mass is 806 g/mol. The van der Waals surface area contributed by atoms with E-state index >= 15 is 0 Å². The number of para-hydroxylation sites is 1. The summed E-state index contributed by atoms with van der Waals surface area (Å²) in [5.74, 6) is 0. The third kappa shape index (κ3) is 6.09. The third-order valence-electron chi connectivity index (χ3n) is 13.8. The third-order valence-corrected chi connectivity index (χ3v) is 13.8. The second-order valence-electron chi connectivity index (χ2n) is 17.3. The zero-order valence-electron chi connectivity index (χ0n) is 35.3. The summed E-state index contributed by atoms with van der Waals surface area (Å²) >= 11 is 0. The molecule has 12 rings (SSSR count). The zero-order chi connectivity index (χ0) is 41.9. The summed E-state index contributed by atoms with van der Waals surface area (Å²) in [5, 5.41) is 5.09. The van der Waals surface area contributed by atoms with Gasteiger partial charge in [-0.15, -0.1) is 0 Å². The molecular weight excluding hydrogens is 761 g/mol. The Morgan fingerprint density at radius 2 is 1.27 bits per heavy atom. The fourth-order valence-corrected chi connectivity index (χ4v) is 10.9. The summed E-state index contributed by atoms with van der Waals surface area (Å²) in [6.45, 7) is 2.48. The van der Waals surface area contributed by atoms with Gasteiger partial charge in [-0.2, -0.15) is 0 Å². The van der Waals surface area contributed by atoms with E-state index in [0.717, 1.165) is 29.9 Å². The van der Waals surface area contributed by atoms with Crippen LogP contribution in [0, 0.1) is 0 Å². The second kappa shape index (κ2) is 15.0. The van der Waals surface area contributed by atoms with Crippen LogP contribution < -0.4 is 9.80 Å². The number of rotatable bonds is 7. The van der Waals surface area contributed by atoms with Gasteiger partial charge in [0.25, 0.3) is 0 Å². The van der Waals surface area contributed by atoms with Crippen molar-refractivity contribution in [1.82, 2.24) is 0 Å². The molecule has 63 heavy (non-hydrogen) atoms. The van der Waals surface area contributed by atoms with Gasteiger partial charge in [0.15, 0.2) is 0 Å². The average molecular weight is 807 g/mol. The molecule has 300 valence electrons. The number of allylic oxidation sites excluding steroid dienone is 4. The van der Waals surface area contributed by atoms with E-state index in [4.69, 9.17) is 0 Å². The van der Waals surface area contributed by atoms with Crippen molar-refractivity contribution in [2.45, 2.75) is 31.2 Å². The van der Waals surface area contributed by atoms with Crippen molar-refractivity contribution in [2.24, 2.45) is 0 Å². The molecule has 0 aromatic heterocycles. The molecule has 2 heteroatoms. The lowest BCUT2D eigenvalue weighted by molar-refractivity contribution is 0.519. The average Bonchev–Trinajstić information content (AvgIpc) is 3.63. The Balaban J connectivity index is 1.01. The molecule has 1 heterocycles. The first-order chi connectivity index (χ1) is 31.1. The van der Waals surface area contributed by atoms with Gasteiger partial charge in [0, 0.05) is 33.7 Å². The molecule has 0 radical (unpaired) electrons. The van der Waals surface area contributed by atoms with Gasteiger partial charge in [-0.1, -0.05) is 182 Å². The Kier molecular flexibility index (Phi) is 8.86. The first-order valence-corrected chi connectivity index (χ1v) is 22.3. The van der Waals surface area contributed by atoms with Crippen LogP contribution in [0.2, 0.25) is 0 Å². The molecule has 9 aromatic carbocycles. The van der Waals surface area contributed by atoms with E-state index < -0.39 is 0 Å². The largest absolute Gasteiger partial charge is 0.337 e. The number of fused-ring (bicyclic) bond motifs is 8. The summed E-state index contributed by atoms with van der Waals surface area (Å²) in [7, 11) is 0. The Morgan fingerprint density at radius 3 is 2.16 bits per heavy atom. The van der Waals surface area contributed by atoms with E-state index in [1.54, 1.807) is 0 Å². The number of nitrogens with zero attached hydrogens (tertiary/aromatic N) is 2. The minimum Gasteiger partial charge on any atom is -0.337 e. The molecule has 1 aliphatic heterocycles. The molecule has 0 bridgehead atoms. The van der Waals surface area contributed by atoms with E-state index in [-0.39, 0.29) is 11.5 Å². The minimum atomic E-state index is -0.263. The van der Waals surface area contributed by atoms with Crippen LogP contribution in [0.5, 0.6) is 0 Å². The van der Waals surface area contributed by atoms with Crippen molar-refractivity contribution >= 4 is 50.4 Å². The van der Waals surface area contributed by atoms with Crippen LogP contribution >= 0.6 is 0 Å². The predicted octanol–water partition coefficient (Wildman–Crippen LogP) is 16.2. The van der Waals surface area contributed by atoms with E-state index in [2.05, 4.69) is 247 Å². The summed E-state index contributed by atoms with van der Waals surface area (Å²) in [6, 6.07) is 74.1. The van der Waals surface area contributed by atoms with E-state index in [0.29, 0.717) is 0 Å². The Morgan fingerprint density at radius 1 is 0.540 bits per heavy atom. The Labute approximate surface area is 370 Å². The molecule has 2 aliphatic carbocycles. The van der Waals surface area contributed by atoms with Crippen molar-refractivity contribution in [1.29, 1.82) is 0 Å². The molecule has 2 atom stereocenters. The molecule has 0 amide bonds. The lowest BCUT2D eigenvalue weighted by Gasteiger charge is -2.40. The van der Waals surface area contributed by atoms with Crippen molar-refractivity contribution in [3.63, 3.8) is 0 Å². The summed E-state index contributed by atoms with van der Waals surface area (Å²) in [5.41, 5.74) is 17.1. The highest BCUT2D eigenvalue weighted by atomic mass is 15.2. The van der Waals surface area contributed by atoms with Gasteiger partial charge in [-0.25, -0.2) is 0 Å². The fourth-order valence-electron chi connectivity index (χ4n) is 10.9.